The maximum Gasteiger partial charge on any atom is 0.270 e. The Kier molecular flexibility index (Phi) is 4.85. The minimum Gasteiger partial charge on any atom is -0.476 e. The second kappa shape index (κ2) is 7.11. The second-order valence-corrected chi connectivity index (χ2v) is 6.78. The van der Waals surface area contributed by atoms with Crippen molar-refractivity contribution in [3.63, 3.8) is 0 Å². The zero-order valence-corrected chi connectivity index (χ0v) is 15.2. The average molecular weight is 367 g/mol. The van der Waals surface area contributed by atoms with E-state index in [4.69, 9.17) is 10.5 Å². The van der Waals surface area contributed by atoms with Gasteiger partial charge < -0.3 is 20.7 Å². The van der Waals surface area contributed by atoms with Crippen molar-refractivity contribution in [3.05, 3.63) is 54.1 Å². The number of nitrogens with zero attached hydrogens (tertiary/aromatic N) is 1. The van der Waals surface area contributed by atoms with Crippen LogP contribution in [-0.2, 0) is 9.59 Å². The van der Waals surface area contributed by atoms with Crippen LogP contribution in [0.3, 0.4) is 0 Å². The fourth-order valence-electron chi connectivity index (χ4n) is 2.90. The van der Waals surface area contributed by atoms with E-state index in [0.717, 1.165) is 0 Å². The number of hydrogen-bond donors (Lipinski definition) is 2. The van der Waals surface area contributed by atoms with Crippen LogP contribution in [0.25, 0.3) is 0 Å². The second-order valence-electron chi connectivity index (χ2n) is 6.78. The molecule has 0 atom stereocenters. The number of fused-ring (bicyclic) bond motifs is 1. The molecule has 0 saturated heterocycles. The van der Waals surface area contributed by atoms with Crippen LogP contribution < -0.4 is 20.7 Å². The van der Waals surface area contributed by atoms with Gasteiger partial charge in [-0.1, -0.05) is 12.1 Å². The largest absolute Gasteiger partial charge is 0.476 e. The average Bonchev–Trinajstić information content (AvgIpc) is 2.62. The molecule has 27 heavy (non-hydrogen) atoms. The highest BCUT2D eigenvalue weighted by Gasteiger charge is 2.40. The van der Waals surface area contributed by atoms with Gasteiger partial charge in [0.1, 0.15) is 5.75 Å². The molecule has 0 spiro atoms. The number of nitrogens with two attached hydrogens (primary N) is 1. The molecule has 3 rings (SSSR count). The van der Waals surface area contributed by atoms with Crippen LogP contribution in [0.15, 0.2) is 48.5 Å². The Hall–Kier alpha value is -3.35. The Balaban J connectivity index is 1.67. The van der Waals surface area contributed by atoms with E-state index >= 15 is 0 Å². The molecule has 7 heteroatoms. The van der Waals surface area contributed by atoms with Crippen LogP contribution in [0.1, 0.15) is 30.6 Å². The van der Waals surface area contributed by atoms with Crippen molar-refractivity contribution >= 4 is 29.1 Å². The highest BCUT2D eigenvalue weighted by atomic mass is 16.5. The molecule has 0 unspecified atom stereocenters. The fraction of sp³-hybridized carbons (Fsp3) is 0.250. The van der Waals surface area contributed by atoms with Gasteiger partial charge in [-0.05, 0) is 50.2 Å². The Bertz CT molecular complexity index is 890. The molecule has 0 aliphatic carbocycles. The fourth-order valence-corrected chi connectivity index (χ4v) is 2.90. The summed E-state index contributed by atoms with van der Waals surface area (Å²) in [7, 11) is 0. The Morgan fingerprint density at radius 2 is 1.78 bits per heavy atom. The number of benzene rings is 2. The summed E-state index contributed by atoms with van der Waals surface area (Å²) in [5, 5.41) is 2.75. The molecule has 2 aromatic rings. The quantitative estimate of drug-likeness (QED) is 0.847. The monoisotopic (exact) mass is 367 g/mol. The van der Waals surface area contributed by atoms with Gasteiger partial charge in [0.05, 0.1) is 5.69 Å². The topological polar surface area (TPSA) is 102 Å². The van der Waals surface area contributed by atoms with Crippen molar-refractivity contribution in [1.29, 1.82) is 0 Å². The number of nitrogens with one attached hydrogen (secondary N) is 1. The number of ether oxygens (including phenoxy) is 1. The summed E-state index contributed by atoms with van der Waals surface area (Å²) in [6, 6.07) is 13.6. The van der Waals surface area contributed by atoms with Gasteiger partial charge in [-0.25, -0.2) is 0 Å². The number of rotatable bonds is 5. The van der Waals surface area contributed by atoms with Gasteiger partial charge in [0, 0.05) is 24.2 Å². The summed E-state index contributed by atoms with van der Waals surface area (Å²) in [5.74, 6) is -0.347. The van der Waals surface area contributed by atoms with E-state index in [-0.39, 0.29) is 24.8 Å². The molecule has 7 nitrogen and oxygen atoms in total. The summed E-state index contributed by atoms with van der Waals surface area (Å²) >= 11 is 0. The molecule has 1 aliphatic rings. The lowest BCUT2D eigenvalue weighted by atomic mass is 10.0. The zero-order chi connectivity index (χ0) is 19.6. The van der Waals surface area contributed by atoms with E-state index in [0.29, 0.717) is 22.7 Å². The molecule has 0 bridgehead atoms. The molecule has 2 aromatic carbocycles. The lowest BCUT2D eigenvalue weighted by Gasteiger charge is -2.38. The van der Waals surface area contributed by atoms with Gasteiger partial charge in [0.25, 0.3) is 5.91 Å². The number of carbonyl (C=O) groups excluding carboxylic acids is 3. The molecule has 3 amide bonds. The van der Waals surface area contributed by atoms with E-state index in [1.807, 2.05) is 12.1 Å². The summed E-state index contributed by atoms with van der Waals surface area (Å²) in [6.07, 6.45) is 0.119. The smallest absolute Gasteiger partial charge is 0.270 e. The number of carbonyl (C=O) groups is 3. The van der Waals surface area contributed by atoms with Crippen LogP contribution in [0, 0.1) is 0 Å². The maximum absolute atomic E-state index is 12.7. The number of anilines is 2. The van der Waals surface area contributed by atoms with Gasteiger partial charge >= 0.3 is 0 Å². The number of hydrogen-bond acceptors (Lipinski definition) is 4. The molecular weight excluding hydrogens is 346 g/mol. The predicted octanol–water partition coefficient (Wildman–Crippen LogP) is 2.32. The molecule has 0 radical (unpaired) electrons. The SMILES string of the molecule is CC1(C)Oc2ccccc2N(CCC(=O)Nc2ccc(C(N)=O)cc2)C1=O. The minimum absolute atomic E-state index is 0.119. The van der Waals surface area contributed by atoms with Crippen LogP contribution in [0.2, 0.25) is 0 Å². The van der Waals surface area contributed by atoms with Crippen molar-refractivity contribution in [2.24, 2.45) is 5.73 Å². The first kappa shape index (κ1) is 18.4. The summed E-state index contributed by atoms with van der Waals surface area (Å²) in [4.78, 5) is 37.7. The van der Waals surface area contributed by atoms with Crippen molar-refractivity contribution < 1.29 is 19.1 Å². The van der Waals surface area contributed by atoms with Crippen LogP contribution >= 0.6 is 0 Å². The third kappa shape index (κ3) is 3.92. The lowest BCUT2D eigenvalue weighted by Crippen LogP contribution is -2.53. The normalized spacial score (nSPS) is 14.9. The Labute approximate surface area is 157 Å². The highest BCUT2D eigenvalue weighted by Crippen LogP contribution is 2.37. The van der Waals surface area contributed by atoms with E-state index in [1.165, 1.54) is 0 Å². The molecular formula is C20H21N3O4. The third-order valence-electron chi connectivity index (χ3n) is 4.30. The van der Waals surface area contributed by atoms with Crippen molar-refractivity contribution in [2.45, 2.75) is 25.9 Å². The molecule has 140 valence electrons. The molecule has 1 aliphatic heterocycles. The third-order valence-corrected chi connectivity index (χ3v) is 4.30. The van der Waals surface area contributed by atoms with Gasteiger partial charge in [-0.3, -0.25) is 14.4 Å². The van der Waals surface area contributed by atoms with Crippen molar-refractivity contribution in [2.75, 3.05) is 16.8 Å². The predicted molar refractivity (Wildman–Crippen MR) is 102 cm³/mol. The van der Waals surface area contributed by atoms with E-state index in [1.54, 1.807) is 55.1 Å². The molecule has 0 aromatic heterocycles. The first-order chi connectivity index (χ1) is 12.8. The lowest BCUT2D eigenvalue weighted by molar-refractivity contribution is -0.132. The minimum atomic E-state index is -0.991. The Morgan fingerprint density at radius 1 is 1.11 bits per heavy atom. The number of primary amides is 1. The molecule has 0 fully saturated rings. The summed E-state index contributed by atoms with van der Waals surface area (Å²) < 4.78 is 5.77. The molecule has 0 saturated carbocycles. The standard InChI is InChI=1S/C20H21N3O4/c1-20(2)19(26)23(15-5-3-4-6-16(15)27-20)12-11-17(24)22-14-9-7-13(8-10-14)18(21)25/h3-10H,11-12H2,1-2H3,(H2,21,25)(H,22,24). The van der Waals surface area contributed by atoms with Gasteiger partial charge in [0.2, 0.25) is 11.8 Å². The summed E-state index contributed by atoms with van der Waals surface area (Å²) in [5.41, 5.74) is 5.78. The highest BCUT2D eigenvalue weighted by molar-refractivity contribution is 6.03. The van der Waals surface area contributed by atoms with Gasteiger partial charge in [-0.2, -0.15) is 0 Å². The van der Waals surface area contributed by atoms with E-state index in [2.05, 4.69) is 5.32 Å². The molecule has 3 N–H and O–H groups in total. The van der Waals surface area contributed by atoms with Gasteiger partial charge in [-0.15, -0.1) is 0 Å². The van der Waals surface area contributed by atoms with E-state index < -0.39 is 11.5 Å². The van der Waals surface area contributed by atoms with Crippen molar-refractivity contribution in [3.8, 4) is 5.75 Å². The summed E-state index contributed by atoms with van der Waals surface area (Å²) in [6.45, 7) is 3.64. The van der Waals surface area contributed by atoms with Crippen LogP contribution in [-0.4, -0.2) is 29.9 Å². The number of amides is 3. The zero-order valence-electron chi connectivity index (χ0n) is 15.2. The van der Waals surface area contributed by atoms with Crippen molar-refractivity contribution in [1.82, 2.24) is 0 Å². The van der Waals surface area contributed by atoms with Gasteiger partial charge in [0.15, 0.2) is 5.60 Å². The number of para-hydroxylation sites is 2. The van der Waals surface area contributed by atoms with Crippen LogP contribution in [0.5, 0.6) is 5.75 Å². The van der Waals surface area contributed by atoms with Crippen LogP contribution in [0.4, 0.5) is 11.4 Å². The first-order valence-corrected chi connectivity index (χ1v) is 8.58. The van der Waals surface area contributed by atoms with E-state index in [9.17, 15) is 14.4 Å². The maximum atomic E-state index is 12.7. The Morgan fingerprint density at radius 3 is 2.44 bits per heavy atom. The molecule has 1 heterocycles. The first-order valence-electron chi connectivity index (χ1n) is 8.58.